The maximum absolute atomic E-state index is 9.18. The van der Waals surface area contributed by atoms with E-state index < -0.39 is 0 Å². The van der Waals surface area contributed by atoms with Gasteiger partial charge in [-0.2, -0.15) is 15.5 Å². The lowest BCUT2D eigenvalue weighted by Gasteiger charge is -2.08. The molecule has 8 nitrogen and oxygen atoms in total. The fourth-order valence-electron chi connectivity index (χ4n) is 3.27. The van der Waals surface area contributed by atoms with Crippen molar-refractivity contribution in [2.45, 2.75) is 13.8 Å². The lowest BCUT2D eigenvalue weighted by atomic mass is 10.1. The second kappa shape index (κ2) is 9.66. The van der Waals surface area contributed by atoms with E-state index in [9.17, 15) is 5.26 Å². The minimum atomic E-state index is 0.149. The summed E-state index contributed by atoms with van der Waals surface area (Å²) < 4.78 is 12.9. The van der Waals surface area contributed by atoms with Crippen LogP contribution in [0.15, 0.2) is 76.9 Å². The van der Waals surface area contributed by atoms with E-state index in [1.165, 1.54) is 0 Å². The average Bonchev–Trinajstić information content (AvgIpc) is 3.42. The third-order valence-electron chi connectivity index (χ3n) is 4.78. The number of nitriles is 1. The van der Waals surface area contributed by atoms with Crippen molar-refractivity contribution in [3.63, 3.8) is 0 Å². The lowest BCUT2D eigenvalue weighted by Crippen LogP contribution is -1.96. The largest absolute Gasteiger partial charge is 0.489 e. The number of hydrogen-bond acceptors (Lipinski definition) is 7. The number of hydrogen-bond donors (Lipinski definition) is 1. The van der Waals surface area contributed by atoms with Gasteiger partial charge in [-0.05, 0) is 42.8 Å². The molecule has 2 aromatic carbocycles. The molecule has 0 spiro atoms. The first kappa shape index (κ1) is 21.6. The van der Waals surface area contributed by atoms with Gasteiger partial charge >= 0.3 is 0 Å². The molecule has 1 N–H and O–H groups in total. The van der Waals surface area contributed by atoms with Crippen molar-refractivity contribution < 1.29 is 9.15 Å². The summed E-state index contributed by atoms with van der Waals surface area (Å²) in [4.78, 5) is 4.00. The third-order valence-corrected chi connectivity index (χ3v) is 4.78. The molecule has 0 saturated heterocycles. The van der Waals surface area contributed by atoms with Crippen molar-refractivity contribution >= 4 is 12.1 Å². The van der Waals surface area contributed by atoms with Crippen LogP contribution in [0.4, 0.5) is 5.88 Å². The number of nitrogens with one attached hydrogen (secondary N) is 1. The highest BCUT2D eigenvalue weighted by atomic mass is 16.5. The SMILES string of the molecule is C=CCOc1ccc(-c2nn(-c3ccccc3)cc2C=NNc2oc(C)nc2C#N)cc1C. The normalized spacial score (nSPS) is 10.8. The first-order chi connectivity index (χ1) is 16.1. The summed E-state index contributed by atoms with van der Waals surface area (Å²) in [5.41, 5.74) is 7.26. The molecule has 164 valence electrons. The maximum atomic E-state index is 9.18. The highest BCUT2D eigenvalue weighted by molar-refractivity contribution is 5.89. The second-order valence-electron chi connectivity index (χ2n) is 7.19. The molecule has 4 aromatic rings. The van der Waals surface area contributed by atoms with Gasteiger partial charge in [0.1, 0.15) is 24.1 Å². The summed E-state index contributed by atoms with van der Waals surface area (Å²) in [5, 5.41) is 18.2. The van der Waals surface area contributed by atoms with Crippen LogP contribution in [0.1, 0.15) is 22.7 Å². The zero-order chi connectivity index (χ0) is 23.2. The van der Waals surface area contributed by atoms with Gasteiger partial charge in [-0.1, -0.05) is 30.9 Å². The number of hydrazone groups is 1. The first-order valence-corrected chi connectivity index (χ1v) is 10.3. The predicted molar refractivity (Wildman–Crippen MR) is 127 cm³/mol. The smallest absolute Gasteiger partial charge is 0.252 e. The molecular weight excluding hydrogens is 416 g/mol. The van der Waals surface area contributed by atoms with Gasteiger partial charge in [-0.3, -0.25) is 0 Å². The van der Waals surface area contributed by atoms with Gasteiger partial charge in [-0.25, -0.2) is 15.1 Å². The van der Waals surface area contributed by atoms with Gasteiger partial charge in [0.05, 0.1) is 11.9 Å². The van der Waals surface area contributed by atoms with Crippen LogP contribution in [0.5, 0.6) is 5.75 Å². The molecule has 0 radical (unpaired) electrons. The van der Waals surface area contributed by atoms with Gasteiger partial charge in [0.2, 0.25) is 5.69 Å². The number of para-hydroxylation sites is 1. The molecule has 0 bridgehead atoms. The standard InChI is InChI=1S/C25H22N6O2/c1-4-12-32-23-11-10-19(13-17(23)2)24-20(16-31(30-24)21-8-6-5-7-9-21)15-27-29-25-22(14-26)28-18(3)33-25/h4-11,13,15-16,29H,1,12H2,2-3H3. The molecule has 0 aliphatic rings. The van der Waals surface area contributed by atoms with E-state index in [1.54, 1.807) is 23.9 Å². The first-order valence-electron chi connectivity index (χ1n) is 10.3. The molecular formula is C25H22N6O2. The van der Waals surface area contributed by atoms with Crippen LogP contribution in [0.3, 0.4) is 0 Å². The Morgan fingerprint density at radius 3 is 2.79 bits per heavy atom. The summed E-state index contributed by atoms with van der Waals surface area (Å²) in [6, 6.07) is 17.7. The van der Waals surface area contributed by atoms with E-state index in [0.29, 0.717) is 12.5 Å². The zero-order valence-electron chi connectivity index (χ0n) is 18.3. The van der Waals surface area contributed by atoms with E-state index >= 15 is 0 Å². The summed E-state index contributed by atoms with van der Waals surface area (Å²) in [7, 11) is 0. The van der Waals surface area contributed by atoms with E-state index in [-0.39, 0.29) is 11.6 Å². The molecule has 0 unspecified atom stereocenters. The van der Waals surface area contributed by atoms with Crippen molar-refractivity contribution in [1.82, 2.24) is 14.8 Å². The predicted octanol–water partition coefficient (Wildman–Crippen LogP) is 5.03. The Morgan fingerprint density at radius 1 is 1.24 bits per heavy atom. The van der Waals surface area contributed by atoms with Crippen LogP contribution in [0.2, 0.25) is 0 Å². The Kier molecular flexibility index (Phi) is 6.32. The molecule has 0 amide bonds. The topological polar surface area (TPSA) is 101 Å². The van der Waals surface area contributed by atoms with Crippen molar-refractivity contribution in [3.05, 3.63) is 90.1 Å². The van der Waals surface area contributed by atoms with Crippen LogP contribution in [-0.4, -0.2) is 27.6 Å². The molecule has 33 heavy (non-hydrogen) atoms. The molecule has 8 heteroatoms. The Hall–Kier alpha value is -4.64. The van der Waals surface area contributed by atoms with E-state index in [0.717, 1.165) is 33.8 Å². The van der Waals surface area contributed by atoms with E-state index in [4.69, 9.17) is 14.3 Å². The van der Waals surface area contributed by atoms with Crippen LogP contribution in [-0.2, 0) is 0 Å². The number of benzene rings is 2. The molecule has 0 aliphatic carbocycles. The van der Waals surface area contributed by atoms with Crippen LogP contribution >= 0.6 is 0 Å². The van der Waals surface area contributed by atoms with Crippen molar-refractivity contribution in [1.29, 1.82) is 5.26 Å². The molecule has 0 fully saturated rings. The minimum Gasteiger partial charge on any atom is -0.489 e. The Bertz CT molecular complexity index is 1350. The number of rotatable bonds is 8. The minimum absolute atomic E-state index is 0.149. The van der Waals surface area contributed by atoms with Crippen LogP contribution < -0.4 is 10.2 Å². The summed E-state index contributed by atoms with van der Waals surface area (Å²) in [5.74, 6) is 1.38. The van der Waals surface area contributed by atoms with Crippen LogP contribution in [0, 0.1) is 25.2 Å². The number of aromatic nitrogens is 3. The number of aryl methyl sites for hydroxylation is 2. The average molecular weight is 438 g/mol. The number of anilines is 1. The molecule has 2 heterocycles. The van der Waals surface area contributed by atoms with E-state index in [1.807, 2.05) is 67.7 Å². The zero-order valence-corrected chi connectivity index (χ0v) is 18.3. The fourth-order valence-corrected chi connectivity index (χ4v) is 3.27. The van der Waals surface area contributed by atoms with Crippen molar-refractivity contribution in [2.75, 3.05) is 12.0 Å². The Balaban J connectivity index is 1.69. The van der Waals surface area contributed by atoms with E-state index in [2.05, 4.69) is 22.1 Å². The molecule has 4 rings (SSSR count). The number of nitrogens with zero attached hydrogens (tertiary/aromatic N) is 5. The molecule has 2 aromatic heterocycles. The van der Waals surface area contributed by atoms with Gasteiger partial charge in [0, 0.05) is 24.2 Å². The molecule has 0 aliphatic heterocycles. The van der Waals surface area contributed by atoms with Gasteiger partial charge < -0.3 is 9.15 Å². The number of ether oxygens (including phenoxy) is 1. The summed E-state index contributed by atoms with van der Waals surface area (Å²) in [6.45, 7) is 7.79. The summed E-state index contributed by atoms with van der Waals surface area (Å²) >= 11 is 0. The van der Waals surface area contributed by atoms with Gasteiger partial charge in [0.15, 0.2) is 5.89 Å². The maximum Gasteiger partial charge on any atom is 0.252 e. The van der Waals surface area contributed by atoms with Crippen LogP contribution in [0.25, 0.3) is 16.9 Å². The van der Waals surface area contributed by atoms with Gasteiger partial charge in [0.25, 0.3) is 5.88 Å². The fraction of sp³-hybridized carbons (Fsp3) is 0.120. The second-order valence-corrected chi connectivity index (χ2v) is 7.19. The highest BCUT2D eigenvalue weighted by Crippen LogP contribution is 2.28. The molecule has 0 atom stereocenters. The summed E-state index contributed by atoms with van der Waals surface area (Å²) in [6.07, 6.45) is 5.24. The monoisotopic (exact) mass is 438 g/mol. The lowest BCUT2D eigenvalue weighted by molar-refractivity contribution is 0.361. The quantitative estimate of drug-likeness (QED) is 0.235. The van der Waals surface area contributed by atoms with Gasteiger partial charge in [-0.15, -0.1) is 0 Å². The van der Waals surface area contributed by atoms with Crippen molar-refractivity contribution in [3.8, 4) is 28.8 Å². The third kappa shape index (κ3) is 4.83. The highest BCUT2D eigenvalue weighted by Gasteiger charge is 2.14. The van der Waals surface area contributed by atoms with Crippen molar-refractivity contribution in [2.24, 2.45) is 5.10 Å². The Labute approximate surface area is 191 Å². The Morgan fingerprint density at radius 2 is 2.06 bits per heavy atom. The number of oxazole rings is 1. The molecule has 0 saturated carbocycles.